The molecule has 9 nitrogen and oxygen atoms in total. The maximum atomic E-state index is 12.1. The molecule has 0 aliphatic rings. The smallest absolute Gasteiger partial charge is 0.433 e. The third-order valence-electron chi connectivity index (χ3n) is 3.44. The lowest BCUT2D eigenvalue weighted by molar-refractivity contribution is -0.402. The SMILES string of the molecule is O=C(COC(=O)c1ccc([N+](=O)[O-])o1)Nc1ccccc1Oc1ccccc1. The molecule has 0 bridgehead atoms. The van der Waals surface area contributed by atoms with Crippen molar-refractivity contribution >= 4 is 23.4 Å². The van der Waals surface area contributed by atoms with E-state index in [9.17, 15) is 19.7 Å². The first-order chi connectivity index (χ1) is 13.5. The minimum Gasteiger partial charge on any atom is -0.455 e. The number of hydrogen-bond donors (Lipinski definition) is 1. The monoisotopic (exact) mass is 382 g/mol. The molecule has 1 N–H and O–H groups in total. The number of ether oxygens (including phenoxy) is 2. The Hall–Kier alpha value is -4.14. The molecule has 2 aromatic carbocycles. The summed E-state index contributed by atoms with van der Waals surface area (Å²) in [7, 11) is 0. The Bertz CT molecular complexity index is 998. The molecule has 3 aromatic rings. The summed E-state index contributed by atoms with van der Waals surface area (Å²) in [6, 6.07) is 17.9. The Labute approximate surface area is 158 Å². The highest BCUT2D eigenvalue weighted by atomic mass is 16.7. The highest BCUT2D eigenvalue weighted by Crippen LogP contribution is 2.29. The summed E-state index contributed by atoms with van der Waals surface area (Å²) in [5, 5.41) is 13.1. The number of hydrogen-bond acceptors (Lipinski definition) is 7. The molecule has 142 valence electrons. The largest absolute Gasteiger partial charge is 0.455 e. The number of carbonyl (C=O) groups is 2. The number of anilines is 1. The van der Waals surface area contributed by atoms with Crippen LogP contribution in [0.2, 0.25) is 0 Å². The van der Waals surface area contributed by atoms with E-state index in [1.165, 1.54) is 0 Å². The first-order valence-corrected chi connectivity index (χ1v) is 8.06. The summed E-state index contributed by atoms with van der Waals surface area (Å²) in [4.78, 5) is 33.7. The summed E-state index contributed by atoms with van der Waals surface area (Å²) in [5.74, 6) is -1.56. The number of furan rings is 1. The van der Waals surface area contributed by atoms with Crippen molar-refractivity contribution in [1.82, 2.24) is 0 Å². The average Bonchev–Trinajstić information content (AvgIpc) is 3.19. The van der Waals surface area contributed by atoms with Crippen LogP contribution in [-0.4, -0.2) is 23.4 Å². The molecule has 1 heterocycles. The van der Waals surface area contributed by atoms with Crippen LogP contribution in [0.5, 0.6) is 11.5 Å². The van der Waals surface area contributed by atoms with Crippen molar-refractivity contribution in [2.24, 2.45) is 0 Å². The van der Waals surface area contributed by atoms with Gasteiger partial charge in [-0.3, -0.25) is 14.9 Å². The number of benzene rings is 2. The van der Waals surface area contributed by atoms with Gasteiger partial charge in [0.2, 0.25) is 5.76 Å². The Morgan fingerprint density at radius 2 is 1.71 bits per heavy atom. The molecule has 0 aliphatic carbocycles. The summed E-state index contributed by atoms with van der Waals surface area (Å²) < 4.78 is 15.3. The van der Waals surface area contributed by atoms with Crippen LogP contribution in [-0.2, 0) is 9.53 Å². The van der Waals surface area contributed by atoms with Gasteiger partial charge in [0, 0.05) is 0 Å². The average molecular weight is 382 g/mol. The summed E-state index contributed by atoms with van der Waals surface area (Å²) in [5.41, 5.74) is 0.390. The van der Waals surface area contributed by atoms with Gasteiger partial charge in [-0.1, -0.05) is 30.3 Å². The fourth-order valence-electron chi connectivity index (χ4n) is 2.20. The summed E-state index contributed by atoms with van der Waals surface area (Å²) in [6.45, 7) is -0.604. The van der Waals surface area contributed by atoms with E-state index in [4.69, 9.17) is 13.9 Å². The molecule has 0 aliphatic heterocycles. The molecule has 0 unspecified atom stereocenters. The van der Waals surface area contributed by atoms with Gasteiger partial charge in [0.15, 0.2) is 12.4 Å². The fraction of sp³-hybridized carbons (Fsp3) is 0.0526. The van der Waals surface area contributed by atoms with Gasteiger partial charge in [-0.25, -0.2) is 4.79 Å². The molecule has 1 amide bonds. The molecule has 0 atom stereocenters. The van der Waals surface area contributed by atoms with Crippen LogP contribution in [0.1, 0.15) is 10.6 Å². The first-order valence-electron chi connectivity index (χ1n) is 8.06. The molecule has 0 spiro atoms. The van der Waals surface area contributed by atoms with E-state index < -0.39 is 29.3 Å². The van der Waals surface area contributed by atoms with Crippen molar-refractivity contribution in [3.63, 3.8) is 0 Å². The standard InChI is InChI=1S/C19H14N2O7/c22-17(12-26-19(23)16-10-11-18(28-16)21(24)25)20-14-8-4-5-9-15(14)27-13-6-2-1-3-7-13/h1-11H,12H2,(H,20,22). The number of amides is 1. The lowest BCUT2D eigenvalue weighted by Gasteiger charge is -2.12. The lowest BCUT2D eigenvalue weighted by Crippen LogP contribution is -2.21. The number of nitrogens with one attached hydrogen (secondary N) is 1. The highest BCUT2D eigenvalue weighted by molar-refractivity contribution is 5.95. The van der Waals surface area contributed by atoms with Gasteiger partial charge >= 0.3 is 11.9 Å². The van der Waals surface area contributed by atoms with E-state index >= 15 is 0 Å². The molecular formula is C19H14N2O7. The van der Waals surface area contributed by atoms with Gasteiger partial charge in [0.1, 0.15) is 10.7 Å². The first kappa shape index (κ1) is 18.6. The minimum absolute atomic E-state index is 0.368. The second kappa shape index (κ2) is 8.49. The molecule has 0 radical (unpaired) electrons. The van der Waals surface area contributed by atoms with Crippen molar-refractivity contribution in [3.8, 4) is 11.5 Å². The van der Waals surface area contributed by atoms with E-state index in [1.54, 1.807) is 36.4 Å². The van der Waals surface area contributed by atoms with E-state index in [-0.39, 0.29) is 5.76 Å². The van der Waals surface area contributed by atoms with Gasteiger partial charge in [-0.05, 0) is 30.3 Å². The van der Waals surface area contributed by atoms with Crippen molar-refractivity contribution in [2.45, 2.75) is 0 Å². The van der Waals surface area contributed by atoms with Gasteiger partial charge < -0.3 is 19.2 Å². The van der Waals surface area contributed by atoms with Gasteiger partial charge in [0.05, 0.1) is 11.8 Å². The van der Waals surface area contributed by atoms with Gasteiger partial charge in [-0.2, -0.15) is 0 Å². The third kappa shape index (κ3) is 4.73. The van der Waals surface area contributed by atoms with E-state index in [0.717, 1.165) is 12.1 Å². The number of carbonyl (C=O) groups excluding carboxylic acids is 2. The van der Waals surface area contributed by atoms with Crippen LogP contribution in [0, 0.1) is 10.1 Å². The number of rotatable bonds is 7. The molecule has 0 saturated carbocycles. The lowest BCUT2D eigenvalue weighted by atomic mass is 10.3. The molecule has 28 heavy (non-hydrogen) atoms. The van der Waals surface area contributed by atoms with Crippen LogP contribution in [0.3, 0.4) is 0 Å². The topological polar surface area (TPSA) is 121 Å². The zero-order valence-corrected chi connectivity index (χ0v) is 14.4. The predicted molar refractivity (Wildman–Crippen MR) is 97.2 cm³/mol. The molecule has 0 saturated heterocycles. The number of para-hydroxylation sites is 3. The highest BCUT2D eigenvalue weighted by Gasteiger charge is 2.19. The summed E-state index contributed by atoms with van der Waals surface area (Å²) >= 11 is 0. The second-order valence-electron chi connectivity index (χ2n) is 5.43. The maximum Gasteiger partial charge on any atom is 0.433 e. The Morgan fingerprint density at radius 3 is 2.43 bits per heavy atom. The maximum absolute atomic E-state index is 12.1. The van der Waals surface area contributed by atoms with Crippen LogP contribution in [0.15, 0.2) is 71.1 Å². The zero-order valence-electron chi connectivity index (χ0n) is 14.4. The minimum atomic E-state index is -0.989. The van der Waals surface area contributed by atoms with Crippen molar-refractivity contribution < 1.29 is 28.4 Å². The quantitative estimate of drug-likeness (QED) is 0.375. The Kier molecular flexibility index (Phi) is 5.66. The second-order valence-corrected chi connectivity index (χ2v) is 5.43. The van der Waals surface area contributed by atoms with E-state index in [2.05, 4.69) is 5.32 Å². The summed E-state index contributed by atoms with van der Waals surface area (Å²) in [6.07, 6.45) is 0. The van der Waals surface area contributed by atoms with Crippen LogP contribution >= 0.6 is 0 Å². The zero-order chi connectivity index (χ0) is 19.9. The van der Waals surface area contributed by atoms with Crippen molar-refractivity contribution in [3.05, 3.63) is 82.6 Å². The number of nitro groups is 1. The van der Waals surface area contributed by atoms with Gasteiger partial charge in [-0.15, -0.1) is 0 Å². The van der Waals surface area contributed by atoms with Crippen molar-refractivity contribution in [1.29, 1.82) is 0 Å². The Balaban J connectivity index is 1.59. The van der Waals surface area contributed by atoms with E-state index in [0.29, 0.717) is 17.2 Å². The van der Waals surface area contributed by atoms with Crippen LogP contribution in [0.4, 0.5) is 11.6 Å². The van der Waals surface area contributed by atoms with Crippen molar-refractivity contribution in [2.75, 3.05) is 11.9 Å². The van der Waals surface area contributed by atoms with Crippen LogP contribution in [0.25, 0.3) is 0 Å². The molecule has 3 rings (SSSR count). The Morgan fingerprint density at radius 1 is 1.00 bits per heavy atom. The van der Waals surface area contributed by atoms with Gasteiger partial charge in [0.25, 0.3) is 5.91 Å². The normalized spacial score (nSPS) is 10.1. The predicted octanol–water partition coefficient (Wildman–Crippen LogP) is 3.78. The molecule has 1 aromatic heterocycles. The van der Waals surface area contributed by atoms with E-state index in [1.807, 2.05) is 18.2 Å². The fourth-order valence-corrected chi connectivity index (χ4v) is 2.20. The van der Waals surface area contributed by atoms with Crippen LogP contribution < -0.4 is 10.1 Å². The number of esters is 1. The third-order valence-corrected chi connectivity index (χ3v) is 3.44. The number of nitrogens with zero attached hydrogens (tertiary/aromatic N) is 1. The molecular weight excluding hydrogens is 368 g/mol. The molecule has 0 fully saturated rings. The molecule has 9 heteroatoms.